The first kappa shape index (κ1) is 16.2. The Bertz CT molecular complexity index is 934. The molecule has 4 rings (SSSR count). The van der Waals surface area contributed by atoms with Crippen molar-refractivity contribution < 1.29 is 0 Å². The number of nitrogens with zero attached hydrogens (tertiary/aromatic N) is 1. The lowest BCUT2D eigenvalue weighted by atomic mass is 10.0. The highest BCUT2D eigenvalue weighted by atomic mass is 15.1. The van der Waals surface area contributed by atoms with Crippen LogP contribution in [0.3, 0.4) is 0 Å². The molecule has 1 heteroatoms. The maximum atomic E-state index is 2.28. The topological polar surface area (TPSA) is 3.24 Å². The van der Waals surface area contributed by atoms with Crippen LogP contribution in [0.25, 0.3) is 11.1 Å². The predicted octanol–water partition coefficient (Wildman–Crippen LogP) is 7.13. The lowest BCUT2D eigenvalue weighted by molar-refractivity contribution is 1.28. The van der Waals surface area contributed by atoms with Crippen molar-refractivity contribution in [1.29, 1.82) is 0 Å². The van der Waals surface area contributed by atoms with Crippen LogP contribution in [-0.2, 0) is 0 Å². The third-order valence-electron chi connectivity index (χ3n) is 4.61. The fourth-order valence-corrected chi connectivity index (χ4v) is 3.29. The second-order valence-corrected chi connectivity index (χ2v) is 6.37. The van der Waals surface area contributed by atoms with E-state index in [-0.39, 0.29) is 0 Å². The van der Waals surface area contributed by atoms with Crippen molar-refractivity contribution in [2.45, 2.75) is 6.92 Å². The molecule has 0 saturated heterocycles. The van der Waals surface area contributed by atoms with Crippen molar-refractivity contribution in [3.05, 3.63) is 115 Å². The second-order valence-electron chi connectivity index (χ2n) is 6.37. The third-order valence-corrected chi connectivity index (χ3v) is 4.61. The van der Waals surface area contributed by atoms with Gasteiger partial charge in [-0.05, 0) is 60.0 Å². The smallest absolute Gasteiger partial charge is 0.0462 e. The first-order valence-electron chi connectivity index (χ1n) is 8.89. The molecular weight excluding hydrogens is 314 g/mol. The van der Waals surface area contributed by atoms with Crippen molar-refractivity contribution >= 4 is 17.1 Å². The molecule has 0 aliphatic carbocycles. The summed E-state index contributed by atoms with van der Waals surface area (Å²) in [5.41, 5.74) is 7.28. The van der Waals surface area contributed by atoms with Crippen LogP contribution in [-0.4, -0.2) is 0 Å². The molecule has 26 heavy (non-hydrogen) atoms. The minimum absolute atomic E-state index is 1.15. The largest absolute Gasteiger partial charge is 0.311 e. The van der Waals surface area contributed by atoms with Crippen LogP contribution in [0.1, 0.15) is 5.56 Å². The summed E-state index contributed by atoms with van der Waals surface area (Å²) in [6.45, 7) is 2.16. The quantitative estimate of drug-likeness (QED) is 0.383. The first-order chi connectivity index (χ1) is 12.8. The molecule has 0 atom stereocenters. The Balaban J connectivity index is 1.76. The van der Waals surface area contributed by atoms with E-state index in [1.807, 2.05) is 12.1 Å². The normalized spacial score (nSPS) is 10.5. The van der Waals surface area contributed by atoms with Gasteiger partial charge in [-0.15, -0.1) is 0 Å². The van der Waals surface area contributed by atoms with E-state index in [1.165, 1.54) is 16.7 Å². The second kappa shape index (κ2) is 7.28. The van der Waals surface area contributed by atoms with E-state index >= 15 is 0 Å². The molecule has 1 nitrogen and oxygen atoms in total. The minimum Gasteiger partial charge on any atom is -0.311 e. The maximum absolute atomic E-state index is 2.28. The summed E-state index contributed by atoms with van der Waals surface area (Å²) >= 11 is 0. The van der Waals surface area contributed by atoms with E-state index in [0.29, 0.717) is 0 Å². The van der Waals surface area contributed by atoms with Crippen molar-refractivity contribution in [3.8, 4) is 11.1 Å². The van der Waals surface area contributed by atoms with Gasteiger partial charge in [-0.25, -0.2) is 0 Å². The van der Waals surface area contributed by atoms with Crippen LogP contribution < -0.4 is 4.90 Å². The maximum Gasteiger partial charge on any atom is 0.0462 e. The first-order valence-corrected chi connectivity index (χ1v) is 8.89. The molecule has 0 saturated carbocycles. The SMILES string of the molecule is Cc1ccccc1-c1ccc(N(c2ccccc2)c2ccccc2)cc1. The monoisotopic (exact) mass is 335 g/mol. The van der Waals surface area contributed by atoms with Crippen LogP contribution in [0.2, 0.25) is 0 Å². The van der Waals surface area contributed by atoms with Gasteiger partial charge in [0.05, 0.1) is 0 Å². The lowest BCUT2D eigenvalue weighted by Crippen LogP contribution is -2.09. The fraction of sp³-hybridized carbons (Fsp3) is 0.0400. The van der Waals surface area contributed by atoms with E-state index < -0.39 is 0 Å². The van der Waals surface area contributed by atoms with Gasteiger partial charge >= 0.3 is 0 Å². The summed E-state index contributed by atoms with van der Waals surface area (Å²) in [5.74, 6) is 0. The Morgan fingerprint density at radius 3 is 1.46 bits per heavy atom. The highest BCUT2D eigenvalue weighted by Gasteiger charge is 2.12. The standard InChI is InChI=1S/C25H21N/c1-20-10-8-9-15-25(20)21-16-18-24(19-17-21)26(22-11-4-2-5-12-22)23-13-6-3-7-14-23/h2-19H,1H3. The van der Waals surface area contributed by atoms with Crippen LogP contribution in [0.15, 0.2) is 109 Å². The zero-order chi connectivity index (χ0) is 17.8. The number of benzene rings is 4. The molecule has 4 aromatic carbocycles. The summed E-state index contributed by atoms with van der Waals surface area (Å²) in [6.07, 6.45) is 0. The summed E-state index contributed by atoms with van der Waals surface area (Å²) in [4.78, 5) is 2.28. The van der Waals surface area contributed by atoms with Gasteiger partial charge in [0.15, 0.2) is 0 Å². The van der Waals surface area contributed by atoms with Crippen molar-refractivity contribution in [1.82, 2.24) is 0 Å². The Morgan fingerprint density at radius 2 is 0.923 bits per heavy atom. The van der Waals surface area contributed by atoms with Crippen molar-refractivity contribution in [2.24, 2.45) is 0 Å². The van der Waals surface area contributed by atoms with E-state index in [0.717, 1.165) is 17.1 Å². The van der Waals surface area contributed by atoms with Crippen LogP contribution in [0, 0.1) is 6.92 Å². The van der Waals surface area contributed by atoms with Crippen molar-refractivity contribution in [3.63, 3.8) is 0 Å². The molecule has 126 valence electrons. The third kappa shape index (κ3) is 3.25. The summed E-state index contributed by atoms with van der Waals surface area (Å²) in [5, 5.41) is 0. The van der Waals surface area contributed by atoms with Gasteiger partial charge in [0.2, 0.25) is 0 Å². The van der Waals surface area contributed by atoms with Crippen LogP contribution >= 0.6 is 0 Å². The molecule has 0 heterocycles. The molecule has 0 fully saturated rings. The van der Waals surface area contributed by atoms with Crippen LogP contribution in [0.5, 0.6) is 0 Å². The molecular formula is C25H21N. The van der Waals surface area contributed by atoms with Crippen LogP contribution in [0.4, 0.5) is 17.1 Å². The van der Waals surface area contributed by atoms with Gasteiger partial charge in [0.1, 0.15) is 0 Å². The van der Waals surface area contributed by atoms with Gasteiger partial charge in [0, 0.05) is 17.1 Å². The number of anilines is 3. The number of hydrogen-bond donors (Lipinski definition) is 0. The molecule has 4 aromatic rings. The molecule has 0 unspecified atom stereocenters. The van der Waals surface area contributed by atoms with Gasteiger partial charge in [-0.2, -0.15) is 0 Å². The molecule has 0 aromatic heterocycles. The molecule has 0 amide bonds. The van der Waals surface area contributed by atoms with Crippen molar-refractivity contribution in [2.75, 3.05) is 4.90 Å². The molecule has 0 N–H and O–H groups in total. The number of para-hydroxylation sites is 2. The average Bonchev–Trinajstić information content (AvgIpc) is 2.71. The zero-order valence-electron chi connectivity index (χ0n) is 14.8. The van der Waals surface area contributed by atoms with Gasteiger partial charge in [-0.3, -0.25) is 0 Å². The minimum atomic E-state index is 1.15. The van der Waals surface area contributed by atoms with Gasteiger partial charge in [0.25, 0.3) is 0 Å². The molecule has 0 spiro atoms. The highest BCUT2D eigenvalue weighted by Crippen LogP contribution is 2.35. The number of aryl methyl sites for hydroxylation is 1. The average molecular weight is 335 g/mol. The van der Waals surface area contributed by atoms with Gasteiger partial charge in [-0.1, -0.05) is 72.8 Å². The lowest BCUT2D eigenvalue weighted by Gasteiger charge is -2.25. The van der Waals surface area contributed by atoms with E-state index in [2.05, 4.69) is 109 Å². The van der Waals surface area contributed by atoms with E-state index in [9.17, 15) is 0 Å². The highest BCUT2D eigenvalue weighted by molar-refractivity contribution is 5.78. The number of hydrogen-bond acceptors (Lipinski definition) is 1. The fourth-order valence-electron chi connectivity index (χ4n) is 3.29. The zero-order valence-corrected chi connectivity index (χ0v) is 14.8. The summed E-state index contributed by atoms with van der Waals surface area (Å²) in [7, 11) is 0. The summed E-state index contributed by atoms with van der Waals surface area (Å²) < 4.78 is 0. The number of rotatable bonds is 4. The molecule has 0 aliphatic heterocycles. The Labute approximate surface area is 155 Å². The Morgan fingerprint density at radius 1 is 0.462 bits per heavy atom. The predicted molar refractivity (Wildman–Crippen MR) is 111 cm³/mol. The molecule has 0 radical (unpaired) electrons. The molecule has 0 bridgehead atoms. The summed E-state index contributed by atoms with van der Waals surface area (Å²) in [6, 6.07) is 38.3. The van der Waals surface area contributed by atoms with E-state index in [1.54, 1.807) is 0 Å². The molecule has 0 aliphatic rings. The Kier molecular flexibility index (Phi) is 4.53. The van der Waals surface area contributed by atoms with E-state index in [4.69, 9.17) is 0 Å². The van der Waals surface area contributed by atoms with Gasteiger partial charge < -0.3 is 4.90 Å². The Hall–Kier alpha value is -3.32.